The fourth-order valence-electron chi connectivity index (χ4n) is 4.95. The van der Waals surface area contributed by atoms with Crippen LogP contribution in [0, 0.1) is 0 Å². The minimum atomic E-state index is -3.70. The molecule has 3 heterocycles. The number of hydrogen-bond acceptors (Lipinski definition) is 6. The van der Waals surface area contributed by atoms with Crippen LogP contribution in [0.4, 0.5) is 10.8 Å². The summed E-state index contributed by atoms with van der Waals surface area (Å²) in [6.07, 6.45) is 1.66. The monoisotopic (exact) mass is 596 g/mol. The van der Waals surface area contributed by atoms with Crippen molar-refractivity contribution in [3.63, 3.8) is 0 Å². The number of carbonyl (C=O) groups excluding carboxylic acids is 1. The third-order valence-corrected chi connectivity index (χ3v) is 10.3. The molecule has 37 heavy (non-hydrogen) atoms. The SMILES string of the molecule is O=C(c1ccc(S(=O)(=O)N2CCCc3ccccc32)cc1)N1CCN(c2nc3ccc(Br)cc3s2)CC1. The summed E-state index contributed by atoms with van der Waals surface area (Å²) in [5.74, 6) is -0.0832. The van der Waals surface area contributed by atoms with E-state index in [0.29, 0.717) is 38.3 Å². The number of rotatable bonds is 4. The molecule has 2 aliphatic heterocycles. The molecule has 0 bridgehead atoms. The van der Waals surface area contributed by atoms with Crippen LogP contribution < -0.4 is 9.21 Å². The van der Waals surface area contributed by atoms with Crippen molar-refractivity contribution in [1.82, 2.24) is 9.88 Å². The maximum atomic E-state index is 13.4. The Morgan fingerprint density at radius 1 is 0.919 bits per heavy atom. The second-order valence-electron chi connectivity index (χ2n) is 9.22. The molecule has 0 saturated carbocycles. The summed E-state index contributed by atoms with van der Waals surface area (Å²) in [7, 11) is -3.70. The van der Waals surface area contributed by atoms with Crippen LogP contribution in [0.2, 0.25) is 0 Å². The van der Waals surface area contributed by atoms with Crippen LogP contribution in [0.5, 0.6) is 0 Å². The maximum absolute atomic E-state index is 13.4. The second kappa shape index (κ2) is 9.74. The van der Waals surface area contributed by atoms with Crippen molar-refractivity contribution in [2.75, 3.05) is 41.9 Å². The number of benzene rings is 3. The standard InChI is InChI=1S/C27H25BrN4O3S2/c28-21-9-12-23-25(18-21)36-27(29-23)31-16-14-30(15-17-31)26(33)20-7-10-22(11-8-20)37(34,35)32-13-3-5-19-4-1-2-6-24(19)32/h1-2,4,6-12,18H,3,5,13-17H2. The molecule has 1 fully saturated rings. The van der Waals surface area contributed by atoms with Crippen LogP contribution >= 0.6 is 27.3 Å². The molecule has 0 radical (unpaired) electrons. The van der Waals surface area contributed by atoms with Gasteiger partial charge in [0, 0.05) is 42.8 Å². The molecule has 10 heteroatoms. The lowest BCUT2D eigenvalue weighted by molar-refractivity contribution is 0.0746. The van der Waals surface area contributed by atoms with E-state index < -0.39 is 10.0 Å². The Labute approximate surface area is 228 Å². The molecular formula is C27H25BrN4O3S2. The number of fused-ring (bicyclic) bond motifs is 2. The van der Waals surface area contributed by atoms with Crippen molar-refractivity contribution in [3.8, 4) is 0 Å². The Balaban J connectivity index is 1.14. The van der Waals surface area contributed by atoms with Crippen LogP contribution in [0.25, 0.3) is 10.2 Å². The molecule has 190 valence electrons. The molecule has 3 aromatic carbocycles. The zero-order valence-corrected chi connectivity index (χ0v) is 23.2. The predicted octanol–water partition coefficient (Wildman–Crippen LogP) is 5.16. The highest BCUT2D eigenvalue weighted by Crippen LogP contribution is 2.33. The third-order valence-electron chi connectivity index (χ3n) is 6.93. The van der Waals surface area contributed by atoms with Crippen LogP contribution in [0.1, 0.15) is 22.3 Å². The van der Waals surface area contributed by atoms with Crippen molar-refractivity contribution >= 4 is 64.2 Å². The van der Waals surface area contributed by atoms with Gasteiger partial charge < -0.3 is 9.80 Å². The smallest absolute Gasteiger partial charge is 0.264 e. The van der Waals surface area contributed by atoms with E-state index in [-0.39, 0.29) is 10.8 Å². The van der Waals surface area contributed by atoms with E-state index in [2.05, 4.69) is 26.9 Å². The number of carbonyl (C=O) groups is 1. The van der Waals surface area contributed by atoms with E-state index in [0.717, 1.165) is 43.9 Å². The summed E-state index contributed by atoms with van der Waals surface area (Å²) >= 11 is 5.17. The first kappa shape index (κ1) is 24.4. The summed E-state index contributed by atoms with van der Waals surface area (Å²) in [6.45, 7) is 3.03. The van der Waals surface area contributed by atoms with Gasteiger partial charge in [0.2, 0.25) is 0 Å². The van der Waals surface area contributed by atoms with Gasteiger partial charge in [0.15, 0.2) is 5.13 Å². The number of hydrogen-bond donors (Lipinski definition) is 0. The lowest BCUT2D eigenvalue weighted by atomic mass is 10.0. The zero-order valence-electron chi connectivity index (χ0n) is 20.0. The fraction of sp³-hybridized carbons (Fsp3) is 0.259. The van der Waals surface area contributed by atoms with E-state index >= 15 is 0 Å². The van der Waals surface area contributed by atoms with Crippen molar-refractivity contribution < 1.29 is 13.2 Å². The summed E-state index contributed by atoms with van der Waals surface area (Å²) in [4.78, 5) is 22.2. The number of aryl methyl sites for hydroxylation is 1. The maximum Gasteiger partial charge on any atom is 0.264 e. The van der Waals surface area contributed by atoms with Gasteiger partial charge in [-0.3, -0.25) is 9.10 Å². The van der Waals surface area contributed by atoms with Crippen molar-refractivity contribution in [3.05, 3.63) is 82.3 Å². The number of thiazole rings is 1. The van der Waals surface area contributed by atoms with Gasteiger partial charge in [-0.2, -0.15) is 0 Å². The molecule has 7 nitrogen and oxygen atoms in total. The number of anilines is 2. The number of sulfonamides is 1. The lowest BCUT2D eigenvalue weighted by Crippen LogP contribution is -2.48. The van der Waals surface area contributed by atoms with Gasteiger partial charge in [-0.15, -0.1) is 0 Å². The molecule has 1 amide bonds. The van der Waals surface area contributed by atoms with Crippen molar-refractivity contribution in [2.45, 2.75) is 17.7 Å². The summed E-state index contributed by atoms with van der Waals surface area (Å²) in [5, 5.41) is 0.967. The van der Waals surface area contributed by atoms with Gasteiger partial charge in [-0.25, -0.2) is 13.4 Å². The molecule has 1 aromatic heterocycles. The van der Waals surface area contributed by atoms with E-state index in [1.807, 2.05) is 41.3 Å². The molecule has 0 atom stereocenters. The molecular weight excluding hydrogens is 572 g/mol. The normalized spacial score (nSPS) is 16.2. The highest BCUT2D eigenvalue weighted by molar-refractivity contribution is 9.10. The van der Waals surface area contributed by atoms with Gasteiger partial charge in [0.05, 0.1) is 20.8 Å². The number of amides is 1. The Kier molecular flexibility index (Phi) is 6.42. The Morgan fingerprint density at radius 2 is 1.68 bits per heavy atom. The average Bonchev–Trinajstić information content (AvgIpc) is 3.36. The minimum absolute atomic E-state index is 0.0832. The lowest BCUT2D eigenvalue weighted by Gasteiger charge is -2.34. The van der Waals surface area contributed by atoms with Gasteiger partial charge in [0.25, 0.3) is 15.9 Å². The second-order valence-corrected chi connectivity index (χ2v) is 13.0. The molecule has 6 rings (SSSR count). The molecule has 0 unspecified atom stereocenters. The molecule has 1 saturated heterocycles. The molecule has 0 N–H and O–H groups in total. The largest absolute Gasteiger partial charge is 0.345 e. The first-order valence-corrected chi connectivity index (χ1v) is 15.3. The summed E-state index contributed by atoms with van der Waals surface area (Å²) in [5.41, 5.74) is 3.26. The average molecular weight is 598 g/mol. The highest BCUT2D eigenvalue weighted by Gasteiger charge is 2.29. The van der Waals surface area contributed by atoms with E-state index in [1.54, 1.807) is 35.6 Å². The first-order valence-electron chi connectivity index (χ1n) is 12.2. The fourth-order valence-corrected chi connectivity index (χ4v) is 8.06. The molecule has 0 aliphatic carbocycles. The number of aromatic nitrogens is 1. The van der Waals surface area contributed by atoms with Gasteiger partial charge >= 0.3 is 0 Å². The predicted molar refractivity (Wildman–Crippen MR) is 151 cm³/mol. The molecule has 2 aliphatic rings. The first-order chi connectivity index (χ1) is 17.9. The quantitative estimate of drug-likeness (QED) is 0.325. The van der Waals surface area contributed by atoms with Crippen LogP contribution in [0.3, 0.4) is 0 Å². The van der Waals surface area contributed by atoms with Crippen LogP contribution in [-0.4, -0.2) is 56.9 Å². The Hall–Kier alpha value is -2.95. The van der Waals surface area contributed by atoms with Gasteiger partial charge in [-0.1, -0.05) is 45.5 Å². The number of piperazine rings is 1. The van der Waals surface area contributed by atoms with Crippen LogP contribution in [-0.2, 0) is 16.4 Å². The molecule has 0 spiro atoms. The number of halogens is 1. The van der Waals surface area contributed by atoms with Gasteiger partial charge in [0.1, 0.15) is 0 Å². The van der Waals surface area contributed by atoms with Crippen molar-refractivity contribution in [1.29, 1.82) is 0 Å². The minimum Gasteiger partial charge on any atom is -0.345 e. The van der Waals surface area contributed by atoms with Crippen molar-refractivity contribution in [2.24, 2.45) is 0 Å². The van der Waals surface area contributed by atoms with Crippen LogP contribution in [0.15, 0.2) is 76.1 Å². The van der Waals surface area contributed by atoms with Gasteiger partial charge in [-0.05, 0) is 66.9 Å². The number of para-hydroxylation sites is 1. The zero-order chi connectivity index (χ0) is 25.6. The topological polar surface area (TPSA) is 73.8 Å². The molecule has 4 aromatic rings. The summed E-state index contributed by atoms with van der Waals surface area (Å²) in [6, 6.07) is 20.1. The summed E-state index contributed by atoms with van der Waals surface area (Å²) < 4.78 is 30.5. The Morgan fingerprint density at radius 3 is 2.46 bits per heavy atom. The van der Waals surface area contributed by atoms with E-state index in [4.69, 9.17) is 4.98 Å². The highest BCUT2D eigenvalue weighted by atomic mass is 79.9. The van der Waals surface area contributed by atoms with E-state index in [1.165, 1.54) is 4.31 Å². The number of nitrogens with zero attached hydrogens (tertiary/aromatic N) is 4. The Bertz CT molecular complexity index is 1580. The van der Waals surface area contributed by atoms with E-state index in [9.17, 15) is 13.2 Å². The third kappa shape index (κ3) is 4.62.